The number of carbonyl (C=O) groups is 2. The van der Waals surface area contributed by atoms with Gasteiger partial charge in [0.1, 0.15) is 6.61 Å². The van der Waals surface area contributed by atoms with Crippen LogP contribution in [0.25, 0.3) is 0 Å². The zero-order valence-corrected chi connectivity index (χ0v) is 17.8. The number of thioether (sulfide) groups is 1. The highest BCUT2D eigenvalue weighted by Gasteiger charge is 2.27. The van der Waals surface area contributed by atoms with E-state index in [9.17, 15) is 9.59 Å². The second kappa shape index (κ2) is 8.91. The van der Waals surface area contributed by atoms with E-state index < -0.39 is 6.10 Å². The number of anilines is 2. The molecule has 0 bridgehead atoms. The number of nitrogens with zero attached hydrogens (tertiary/aromatic N) is 3. The Hall–Kier alpha value is -3.53. The minimum atomic E-state index is -0.499. The number of hydrogen-bond donors (Lipinski definition) is 1. The van der Waals surface area contributed by atoms with Crippen LogP contribution in [-0.4, -0.2) is 40.9 Å². The zero-order chi connectivity index (χ0) is 21.9. The second-order valence-corrected chi connectivity index (χ2v) is 8.23. The number of nitrogens with one attached hydrogen (secondary N) is 1. The number of amides is 2. The van der Waals surface area contributed by atoms with Crippen molar-refractivity contribution in [2.24, 2.45) is 0 Å². The van der Waals surface area contributed by atoms with E-state index in [4.69, 9.17) is 13.9 Å². The van der Waals surface area contributed by atoms with Crippen LogP contribution >= 0.6 is 11.8 Å². The molecular weight excluding hydrogens is 432 g/mol. The maximum absolute atomic E-state index is 12.3. The lowest BCUT2D eigenvalue weighted by atomic mass is 10.2. The average Bonchev–Trinajstić information content (AvgIpc) is 3.47. The van der Waals surface area contributed by atoms with Gasteiger partial charge in [-0.25, -0.2) is 0 Å². The van der Waals surface area contributed by atoms with Crippen molar-refractivity contribution in [2.45, 2.75) is 24.2 Å². The van der Waals surface area contributed by atoms with E-state index in [1.165, 1.54) is 0 Å². The average molecular weight is 452 g/mol. The van der Waals surface area contributed by atoms with Crippen LogP contribution in [0.5, 0.6) is 11.5 Å². The summed E-state index contributed by atoms with van der Waals surface area (Å²) in [5.41, 5.74) is 1.50. The maximum Gasteiger partial charge on any atom is 0.277 e. The quantitative estimate of drug-likeness (QED) is 0.567. The van der Waals surface area contributed by atoms with Crippen LogP contribution < -0.4 is 19.7 Å². The third kappa shape index (κ3) is 4.40. The summed E-state index contributed by atoms with van der Waals surface area (Å²) in [6, 6.07) is 14.6. The highest BCUT2D eigenvalue weighted by molar-refractivity contribution is 7.99. The molecule has 2 aromatic carbocycles. The van der Waals surface area contributed by atoms with Crippen molar-refractivity contribution in [1.29, 1.82) is 0 Å². The topological polar surface area (TPSA) is 107 Å². The van der Waals surface area contributed by atoms with Gasteiger partial charge in [-0.2, -0.15) is 0 Å². The van der Waals surface area contributed by atoms with Gasteiger partial charge in [0.15, 0.2) is 11.5 Å². The first-order chi connectivity index (χ1) is 15.7. The molecule has 164 valence electrons. The van der Waals surface area contributed by atoms with E-state index in [2.05, 4.69) is 15.5 Å². The number of benzene rings is 2. The van der Waals surface area contributed by atoms with Crippen LogP contribution in [0.2, 0.25) is 0 Å². The smallest absolute Gasteiger partial charge is 0.277 e. The van der Waals surface area contributed by atoms with Gasteiger partial charge in [-0.05, 0) is 42.8 Å². The van der Waals surface area contributed by atoms with Gasteiger partial charge >= 0.3 is 0 Å². The van der Waals surface area contributed by atoms with Crippen molar-refractivity contribution in [2.75, 3.05) is 29.1 Å². The van der Waals surface area contributed by atoms with Gasteiger partial charge in [0.25, 0.3) is 11.1 Å². The van der Waals surface area contributed by atoms with Gasteiger partial charge in [0.05, 0.1) is 5.75 Å². The van der Waals surface area contributed by atoms with Gasteiger partial charge in [0.2, 0.25) is 17.9 Å². The minimum absolute atomic E-state index is 0.110. The summed E-state index contributed by atoms with van der Waals surface area (Å²) in [6.07, 6.45) is 0.959. The Balaban J connectivity index is 1.13. The van der Waals surface area contributed by atoms with Crippen LogP contribution in [0.15, 0.2) is 58.2 Å². The highest BCUT2D eigenvalue weighted by atomic mass is 32.2. The van der Waals surface area contributed by atoms with Crippen molar-refractivity contribution < 1.29 is 23.5 Å². The lowest BCUT2D eigenvalue weighted by molar-refractivity contribution is -0.117. The Labute approximate surface area is 188 Å². The molecule has 1 fully saturated rings. The second-order valence-electron chi connectivity index (χ2n) is 7.30. The summed E-state index contributed by atoms with van der Waals surface area (Å²) in [5.74, 6) is 1.64. The Kier molecular flexibility index (Phi) is 5.68. The number of rotatable bonds is 6. The maximum atomic E-state index is 12.3. The van der Waals surface area contributed by atoms with Crippen molar-refractivity contribution in [3.63, 3.8) is 0 Å². The molecule has 0 spiro atoms. The molecule has 0 unspecified atom stereocenters. The lowest BCUT2D eigenvalue weighted by Gasteiger charge is -2.23. The van der Waals surface area contributed by atoms with Crippen LogP contribution in [0.3, 0.4) is 0 Å². The third-order valence-corrected chi connectivity index (χ3v) is 5.89. The van der Waals surface area contributed by atoms with Crippen LogP contribution in [-0.2, 0) is 9.59 Å². The van der Waals surface area contributed by atoms with Gasteiger partial charge in [-0.3, -0.25) is 9.59 Å². The van der Waals surface area contributed by atoms with Gasteiger partial charge in [-0.1, -0.05) is 23.9 Å². The Morgan fingerprint density at radius 2 is 1.94 bits per heavy atom. The van der Waals surface area contributed by atoms with Crippen LogP contribution in [0, 0.1) is 0 Å². The van der Waals surface area contributed by atoms with Crippen molar-refractivity contribution in [3.8, 4) is 11.5 Å². The summed E-state index contributed by atoms with van der Waals surface area (Å²) >= 11 is 1.14. The molecule has 1 aromatic heterocycles. The lowest BCUT2D eigenvalue weighted by Crippen LogP contribution is -2.23. The van der Waals surface area contributed by atoms with Crippen molar-refractivity contribution in [1.82, 2.24) is 10.2 Å². The molecule has 1 saturated heterocycles. The molecule has 32 heavy (non-hydrogen) atoms. The summed E-state index contributed by atoms with van der Waals surface area (Å²) in [5, 5.41) is 11.1. The number of aromatic nitrogens is 2. The molecule has 0 radical (unpaired) electrons. The monoisotopic (exact) mass is 452 g/mol. The van der Waals surface area contributed by atoms with Crippen LogP contribution in [0.1, 0.15) is 24.8 Å². The number of para-hydroxylation sites is 2. The largest absolute Gasteiger partial charge is 0.485 e. The number of carbonyl (C=O) groups excluding carboxylic acids is 2. The van der Waals surface area contributed by atoms with E-state index in [0.29, 0.717) is 29.5 Å². The molecule has 0 saturated carbocycles. The van der Waals surface area contributed by atoms with Gasteiger partial charge in [0, 0.05) is 24.3 Å². The molecule has 9 nitrogen and oxygen atoms in total. The minimum Gasteiger partial charge on any atom is -0.485 e. The summed E-state index contributed by atoms with van der Waals surface area (Å²) in [4.78, 5) is 25.9. The molecule has 2 aliphatic heterocycles. The van der Waals surface area contributed by atoms with Crippen molar-refractivity contribution >= 4 is 35.0 Å². The molecule has 3 heterocycles. The predicted octanol–water partition coefficient (Wildman–Crippen LogP) is 3.44. The van der Waals surface area contributed by atoms with E-state index in [0.717, 1.165) is 30.4 Å². The molecule has 5 rings (SSSR count). The fraction of sp³-hybridized carbons (Fsp3) is 0.273. The highest BCUT2D eigenvalue weighted by Crippen LogP contribution is 2.36. The van der Waals surface area contributed by atoms with E-state index in [-0.39, 0.29) is 29.4 Å². The first-order valence-corrected chi connectivity index (χ1v) is 11.2. The SMILES string of the molecule is O=C(CSc1nnc([C@H]2COc3ccccc3O2)o1)Nc1ccc(N2CCCC2=O)cc1. The number of ether oxygens (including phenoxy) is 2. The van der Waals surface area contributed by atoms with Crippen LogP contribution in [0.4, 0.5) is 11.4 Å². The first kappa shape index (κ1) is 20.4. The molecular formula is C22H20N4O5S. The normalized spacial score (nSPS) is 17.4. The third-order valence-electron chi connectivity index (χ3n) is 5.07. The fourth-order valence-electron chi connectivity index (χ4n) is 3.52. The molecule has 2 amide bonds. The number of fused-ring (bicyclic) bond motifs is 1. The Bertz CT molecular complexity index is 1130. The molecule has 0 aliphatic carbocycles. The van der Waals surface area contributed by atoms with E-state index >= 15 is 0 Å². The molecule has 10 heteroatoms. The summed E-state index contributed by atoms with van der Waals surface area (Å²) in [6.45, 7) is 1.00. The zero-order valence-electron chi connectivity index (χ0n) is 17.0. The Morgan fingerprint density at radius 3 is 2.72 bits per heavy atom. The summed E-state index contributed by atoms with van der Waals surface area (Å²) in [7, 11) is 0. The Morgan fingerprint density at radius 1 is 1.12 bits per heavy atom. The van der Waals surface area contributed by atoms with E-state index in [1.807, 2.05) is 36.4 Å². The van der Waals surface area contributed by atoms with Crippen molar-refractivity contribution in [3.05, 3.63) is 54.4 Å². The molecule has 1 N–H and O–H groups in total. The standard InChI is InChI=1S/C22H20N4O5S/c27-19(23-14-7-9-15(10-8-14)26-11-3-6-20(26)28)13-32-22-25-24-21(31-22)18-12-29-16-4-1-2-5-17(16)30-18/h1-2,4-5,7-10,18H,3,6,11-13H2,(H,23,27)/t18-/m1/s1. The summed E-state index contributed by atoms with van der Waals surface area (Å²) < 4.78 is 17.2. The first-order valence-electron chi connectivity index (χ1n) is 10.2. The predicted molar refractivity (Wildman–Crippen MR) is 117 cm³/mol. The molecule has 2 aliphatic rings. The van der Waals surface area contributed by atoms with Gasteiger partial charge < -0.3 is 24.1 Å². The molecule has 1 atom stereocenters. The number of hydrogen-bond acceptors (Lipinski definition) is 8. The molecule has 3 aromatic rings. The van der Waals surface area contributed by atoms with Gasteiger partial charge in [-0.15, -0.1) is 10.2 Å². The van der Waals surface area contributed by atoms with E-state index in [1.54, 1.807) is 17.0 Å². The fourth-order valence-corrected chi connectivity index (χ4v) is 4.09.